The molecule has 0 bridgehead atoms. The summed E-state index contributed by atoms with van der Waals surface area (Å²) in [7, 11) is 0. The molecule has 0 saturated heterocycles. The summed E-state index contributed by atoms with van der Waals surface area (Å²) in [6.07, 6.45) is 0. The number of ketones is 2. The molecular formula is C101H64Br4N18O10S5. The molecule has 0 unspecified atom stereocenters. The van der Waals surface area contributed by atoms with Crippen molar-refractivity contribution in [1.82, 2.24) is 53.7 Å². The van der Waals surface area contributed by atoms with E-state index in [9.17, 15) is 50.0 Å². The molecule has 0 aliphatic heterocycles. The maximum absolute atomic E-state index is 11.9. The quantitative estimate of drug-likeness (QED) is 0.0316. The van der Waals surface area contributed by atoms with E-state index in [1.54, 1.807) is 109 Å². The van der Waals surface area contributed by atoms with Crippen LogP contribution in [0.15, 0.2) is 364 Å². The normalized spacial score (nSPS) is 10.7. The number of benzene rings is 16. The second-order valence-corrected chi connectivity index (χ2v) is 35.5. The number of hydrogen-bond acceptors (Lipinski definition) is 29. The van der Waals surface area contributed by atoms with Gasteiger partial charge in [0.25, 0.3) is 0 Å². The fraction of sp³-hybridized carbons (Fsp3) is 0.00990. The number of nitrogens with two attached hydrogens (primary N) is 2. The predicted molar refractivity (Wildman–Crippen MR) is 563 cm³/mol. The zero-order chi connectivity index (χ0) is 96.5. The van der Waals surface area contributed by atoms with Crippen LogP contribution in [0.1, 0.15) is 26.3 Å². The average molecular weight is 2170 g/mol. The second-order valence-electron chi connectivity index (χ2n) is 29.6. The highest BCUT2D eigenvalue weighted by atomic mass is 79.9. The number of nitro groups is 4. The van der Waals surface area contributed by atoms with Gasteiger partial charge < -0.3 is 11.5 Å². The molecule has 0 fully saturated rings. The van der Waals surface area contributed by atoms with Crippen LogP contribution in [0.3, 0.4) is 0 Å². The summed E-state index contributed by atoms with van der Waals surface area (Å²) in [5, 5.41) is 45.6. The lowest BCUT2D eigenvalue weighted by atomic mass is 9.94. The molecule has 6 heterocycles. The number of aryl methyl sites for hydroxylation is 1. The van der Waals surface area contributed by atoms with E-state index in [2.05, 4.69) is 166 Å². The topological polar surface area (TPSA) is 413 Å². The molecule has 0 aliphatic carbocycles. The van der Waals surface area contributed by atoms with Gasteiger partial charge in [-0.2, -0.15) is 43.7 Å². The van der Waals surface area contributed by atoms with Gasteiger partial charge in [0.15, 0.2) is 0 Å². The molecule has 0 saturated carbocycles. The van der Waals surface area contributed by atoms with Crippen LogP contribution in [0.25, 0.3) is 155 Å². The third-order valence-corrected chi connectivity index (χ3v) is 26.5. The van der Waals surface area contributed by atoms with E-state index in [4.69, 9.17) is 30.2 Å². The molecule has 37 heteroatoms. The van der Waals surface area contributed by atoms with Crippen LogP contribution in [0, 0.1) is 47.4 Å². The number of aromatic nitrogens is 12. The van der Waals surface area contributed by atoms with Crippen LogP contribution in [0.2, 0.25) is 0 Å². The van der Waals surface area contributed by atoms with Gasteiger partial charge in [-0.05, 0) is 116 Å². The maximum atomic E-state index is 11.9. The number of halogens is 4. The lowest BCUT2D eigenvalue weighted by Gasteiger charge is -2.16. The third-order valence-electron chi connectivity index (χ3n) is 21.1. The van der Waals surface area contributed by atoms with Crippen molar-refractivity contribution in [2.24, 2.45) is 0 Å². The highest BCUT2D eigenvalue weighted by molar-refractivity contribution is 9.11. The van der Waals surface area contributed by atoms with E-state index in [0.717, 1.165) is 144 Å². The van der Waals surface area contributed by atoms with Crippen molar-refractivity contribution in [2.75, 3.05) is 11.5 Å². The standard InChI is InChI=1S/C32H20N4S.C18H10N4O4S.C18H14N4S.C14H10O2.C7H8.C6Br2N4O4S.C6H2Br2N2S/c1-5-13-21(14-6-1)25-29-30(26(22-15-7-2-8-16-22)32-31(25)35-37-36-32)34-28(24-19-11-4-12-20-24)27(33-29)23-17-9-3-10-18-23;23-21(24)17-13(11-7-3-1-4-8-11)15-16(20-27-19-15)14(18(17)22(25)26)12-9-5-2-6-10-12;19-15-13(11-7-3-1-4-8-11)17-18(22-23-21-17)14(16(15)20)12-9-5-2-6-10-12;15-13(11-7-3-1-4-8-11)14(16)12-9-5-2-6-10-12;1-7-5-3-2-4-6-7;7-1-3-4(10-17-9-3)2(8)6(12(15)16)5(1)11(13)14;7-3-1-2-4(8)6-5(3)9-11-10-6/h1-20H;1-10H;1-10H,19-20H2;1-10H;2-6H,1H3;;1-2H. The Bertz CT molecular complexity index is 7770. The van der Waals surface area contributed by atoms with Crippen LogP contribution in [-0.4, -0.2) is 85.0 Å². The molecule has 0 radical (unpaired) electrons. The predicted octanol–water partition coefficient (Wildman–Crippen LogP) is 28.3. The van der Waals surface area contributed by atoms with Crippen molar-refractivity contribution >= 4 is 234 Å². The molecule has 4 N–H and O–H groups in total. The minimum Gasteiger partial charge on any atom is -0.396 e. The molecule has 28 nitrogen and oxygen atoms in total. The number of nitrogens with zero attached hydrogens (tertiary/aromatic N) is 16. The summed E-state index contributed by atoms with van der Waals surface area (Å²) < 4.78 is 44.8. The minimum atomic E-state index is -0.828. The monoisotopic (exact) mass is 2160 g/mol. The molecular weight excluding hydrogens is 2110 g/mol. The molecule has 676 valence electrons. The van der Waals surface area contributed by atoms with Crippen molar-refractivity contribution in [2.45, 2.75) is 6.92 Å². The largest absolute Gasteiger partial charge is 0.396 e. The molecule has 138 heavy (non-hydrogen) atoms. The molecule has 6 aromatic heterocycles. The Balaban J connectivity index is 0.000000122. The van der Waals surface area contributed by atoms with Crippen molar-refractivity contribution in [3.63, 3.8) is 0 Å². The van der Waals surface area contributed by atoms with Crippen LogP contribution in [-0.2, 0) is 0 Å². The van der Waals surface area contributed by atoms with Gasteiger partial charge in [0.1, 0.15) is 75.1 Å². The summed E-state index contributed by atoms with van der Waals surface area (Å²) in [6, 6.07) is 109. The maximum Gasteiger partial charge on any atom is 0.363 e. The Morgan fingerprint density at radius 1 is 0.246 bits per heavy atom. The fourth-order valence-corrected chi connectivity index (χ4v) is 20.1. The zero-order valence-electron chi connectivity index (χ0n) is 71.4. The van der Waals surface area contributed by atoms with Crippen LogP contribution in [0.4, 0.5) is 34.1 Å². The lowest BCUT2D eigenvalue weighted by molar-refractivity contribution is -0.423. The number of anilines is 2. The van der Waals surface area contributed by atoms with Crippen LogP contribution >= 0.6 is 122 Å². The highest BCUT2D eigenvalue weighted by Gasteiger charge is 2.40. The first-order valence-electron chi connectivity index (χ1n) is 41.2. The summed E-state index contributed by atoms with van der Waals surface area (Å²) in [6.45, 7) is 2.08. The van der Waals surface area contributed by atoms with Gasteiger partial charge in [0.05, 0.1) is 112 Å². The Kier molecular flexibility index (Phi) is 30.7. The summed E-state index contributed by atoms with van der Waals surface area (Å²) in [5.41, 5.74) is 34.0. The van der Waals surface area contributed by atoms with E-state index in [0.29, 0.717) is 33.6 Å². The lowest BCUT2D eigenvalue weighted by Crippen LogP contribution is -2.14. The first kappa shape index (κ1) is 95.6. The number of hydrogen-bond donors (Lipinski definition) is 2. The second kappa shape index (κ2) is 44.3. The summed E-state index contributed by atoms with van der Waals surface area (Å²) in [4.78, 5) is 76.9. The minimum absolute atomic E-state index is 0.0406. The Hall–Kier alpha value is -15.6. The third kappa shape index (κ3) is 20.8. The first-order valence-corrected chi connectivity index (χ1v) is 48.1. The summed E-state index contributed by atoms with van der Waals surface area (Å²) in [5.74, 6) is -0.932. The molecule has 16 aromatic carbocycles. The molecule has 0 atom stereocenters. The summed E-state index contributed by atoms with van der Waals surface area (Å²) >= 11 is 18.0. The number of carbonyl (C=O) groups is 2. The van der Waals surface area contributed by atoms with E-state index in [1.165, 1.54) is 40.7 Å². The number of rotatable bonds is 15. The van der Waals surface area contributed by atoms with E-state index in [-0.39, 0.29) is 42.1 Å². The number of nitro benzene ring substituents is 4. The van der Waals surface area contributed by atoms with Gasteiger partial charge in [-0.1, -0.05) is 339 Å². The zero-order valence-corrected chi connectivity index (χ0v) is 81.8. The number of nitrogen functional groups attached to an aromatic ring is 2. The SMILES string of the molecule is Brc1ccc(Br)c2nsnc12.Cc1ccccc1.Nc1c(N)c(-c2ccccc2)c2nsnc2c1-c1ccccc1.O=C(C(=O)c1ccccc1)c1ccccc1.O=[N+]([O-])c1c([N+](=O)[O-])c(-c2ccccc2)c2nsnc2c1-c1ccccc1.O=[N+]([O-])c1c([N+](=O)[O-])c(Br)c2nsnc2c1Br.c1ccc(-c2nc3c(-c4ccccc4)c4nsnc4c(-c4ccccc4)c3nc2-c2ccccc2)cc1. The number of Topliss-reactive ketones (excluding diaryl/α,β-unsaturated/α-hetero) is 2. The number of carbonyl (C=O) groups excluding carboxylic acids is 2. The van der Waals surface area contributed by atoms with E-state index >= 15 is 0 Å². The molecule has 0 spiro atoms. The van der Waals surface area contributed by atoms with Crippen molar-refractivity contribution in [3.05, 3.63) is 421 Å². The molecule has 0 amide bonds. The highest BCUT2D eigenvalue weighted by Crippen LogP contribution is 2.52. The number of fused-ring (bicyclic) bond motifs is 6. The first-order chi connectivity index (χ1) is 67.2. The molecule has 0 aliphatic rings. The Labute approximate surface area is 838 Å². The van der Waals surface area contributed by atoms with Crippen LogP contribution < -0.4 is 11.5 Å². The molecule has 22 aromatic rings. The molecule has 22 rings (SSSR count). The van der Waals surface area contributed by atoms with Gasteiger partial charge in [0.2, 0.25) is 11.6 Å². The van der Waals surface area contributed by atoms with E-state index < -0.39 is 54.0 Å². The smallest absolute Gasteiger partial charge is 0.363 e. The van der Waals surface area contributed by atoms with Gasteiger partial charge >= 0.3 is 22.7 Å². The van der Waals surface area contributed by atoms with Gasteiger partial charge in [-0.25, -0.2) is 9.97 Å². The average Bonchev–Trinajstić information content (AvgIpc) is 1.36. The van der Waals surface area contributed by atoms with Crippen LogP contribution in [0.5, 0.6) is 0 Å². The van der Waals surface area contributed by atoms with Crippen molar-refractivity contribution < 1.29 is 29.3 Å². The Morgan fingerprint density at radius 3 is 0.696 bits per heavy atom. The van der Waals surface area contributed by atoms with Crippen molar-refractivity contribution in [1.29, 1.82) is 0 Å². The Morgan fingerprint density at radius 2 is 0.449 bits per heavy atom. The van der Waals surface area contributed by atoms with E-state index in [1.807, 2.05) is 176 Å². The van der Waals surface area contributed by atoms with Gasteiger partial charge in [0, 0.05) is 53.5 Å². The van der Waals surface area contributed by atoms with Crippen molar-refractivity contribution in [3.8, 4) is 89.3 Å². The van der Waals surface area contributed by atoms with Gasteiger partial charge in [-0.15, -0.1) is 0 Å². The fourth-order valence-electron chi connectivity index (χ4n) is 14.8. The van der Waals surface area contributed by atoms with Gasteiger partial charge in [-0.3, -0.25) is 50.0 Å².